The fourth-order valence-electron chi connectivity index (χ4n) is 1.41. The van der Waals surface area contributed by atoms with Crippen LogP contribution in [-0.2, 0) is 19.1 Å². The molecule has 0 rings (SSSR count). The van der Waals surface area contributed by atoms with E-state index in [0.717, 1.165) is 0 Å². The van der Waals surface area contributed by atoms with Crippen LogP contribution >= 0.6 is 0 Å². The summed E-state index contributed by atoms with van der Waals surface area (Å²) in [5.74, 6) is -0.758. The van der Waals surface area contributed by atoms with E-state index in [1.165, 1.54) is 0 Å². The van der Waals surface area contributed by atoms with Gasteiger partial charge in [-0.2, -0.15) is 0 Å². The summed E-state index contributed by atoms with van der Waals surface area (Å²) in [5.41, 5.74) is -0.539. The summed E-state index contributed by atoms with van der Waals surface area (Å²) in [6.45, 7) is 9.34. The van der Waals surface area contributed by atoms with Gasteiger partial charge in [0.15, 0.2) is 0 Å². The van der Waals surface area contributed by atoms with Gasteiger partial charge in [0.05, 0.1) is 6.42 Å². The van der Waals surface area contributed by atoms with Gasteiger partial charge < -0.3 is 15.4 Å². The van der Waals surface area contributed by atoms with Crippen LogP contribution in [-0.4, -0.2) is 36.0 Å². The Balaban J connectivity index is 3.74. The minimum absolute atomic E-state index is 0.0430. The Hall–Kier alpha value is -1.59. The molecule has 2 amide bonds. The van der Waals surface area contributed by atoms with E-state index in [2.05, 4.69) is 10.6 Å². The zero-order chi connectivity index (χ0) is 15.8. The van der Waals surface area contributed by atoms with E-state index in [-0.39, 0.29) is 43.7 Å². The fraction of sp³-hybridized carbons (Fsp3) is 0.786. The van der Waals surface area contributed by atoms with Gasteiger partial charge in [-0.15, -0.1) is 0 Å². The number of amides is 2. The molecule has 2 N–H and O–H groups in total. The molecule has 0 bridgehead atoms. The normalized spacial score (nSPS) is 11.1. The van der Waals surface area contributed by atoms with Crippen LogP contribution in [0.25, 0.3) is 0 Å². The molecule has 0 aromatic rings. The van der Waals surface area contributed by atoms with Crippen LogP contribution in [0.2, 0.25) is 0 Å². The van der Waals surface area contributed by atoms with Gasteiger partial charge in [-0.1, -0.05) is 0 Å². The molecule has 6 heteroatoms. The zero-order valence-electron chi connectivity index (χ0n) is 13.0. The lowest BCUT2D eigenvalue weighted by Gasteiger charge is -2.19. The minimum atomic E-state index is -0.539. The van der Waals surface area contributed by atoms with Crippen molar-refractivity contribution in [1.82, 2.24) is 10.6 Å². The largest absolute Gasteiger partial charge is 0.460 e. The molecule has 0 unspecified atom stereocenters. The minimum Gasteiger partial charge on any atom is -0.460 e. The highest BCUT2D eigenvalue weighted by atomic mass is 16.6. The lowest BCUT2D eigenvalue weighted by Crippen LogP contribution is -2.34. The van der Waals surface area contributed by atoms with Crippen LogP contribution in [0.5, 0.6) is 0 Å². The van der Waals surface area contributed by atoms with Gasteiger partial charge in [-0.05, 0) is 34.6 Å². The third kappa shape index (κ3) is 11.5. The van der Waals surface area contributed by atoms with Crippen LogP contribution in [0.15, 0.2) is 0 Å². The molecule has 0 saturated heterocycles. The Morgan fingerprint density at radius 2 is 1.60 bits per heavy atom. The molecule has 0 aromatic heterocycles. The van der Waals surface area contributed by atoms with Crippen molar-refractivity contribution in [3.05, 3.63) is 0 Å². The van der Waals surface area contributed by atoms with Crippen LogP contribution in [0.1, 0.15) is 53.9 Å². The number of carbonyl (C=O) groups is 3. The zero-order valence-corrected chi connectivity index (χ0v) is 13.0. The molecule has 0 aliphatic rings. The Morgan fingerprint density at radius 1 is 1.00 bits per heavy atom. The number of ether oxygens (including phenoxy) is 1. The van der Waals surface area contributed by atoms with Gasteiger partial charge in [0, 0.05) is 25.4 Å². The van der Waals surface area contributed by atoms with E-state index in [0.29, 0.717) is 0 Å². The Labute approximate surface area is 120 Å². The first-order valence-electron chi connectivity index (χ1n) is 6.88. The third-order valence-corrected chi connectivity index (χ3v) is 2.10. The third-order valence-electron chi connectivity index (χ3n) is 2.10. The summed E-state index contributed by atoms with van der Waals surface area (Å²) in [7, 11) is 0. The van der Waals surface area contributed by atoms with E-state index >= 15 is 0 Å². The highest BCUT2D eigenvalue weighted by Crippen LogP contribution is 2.08. The molecule has 0 aromatic carbocycles. The molecular weight excluding hydrogens is 260 g/mol. The van der Waals surface area contributed by atoms with Gasteiger partial charge >= 0.3 is 5.97 Å². The second-order valence-corrected chi connectivity index (χ2v) is 5.91. The first-order valence-corrected chi connectivity index (χ1v) is 6.88. The van der Waals surface area contributed by atoms with Gasteiger partial charge in [0.1, 0.15) is 5.60 Å². The SMILES string of the molecule is CC(C)NC(=O)CCNC(=O)CCC(=O)OC(C)(C)C. The van der Waals surface area contributed by atoms with E-state index in [4.69, 9.17) is 4.74 Å². The maximum atomic E-state index is 11.5. The number of nitrogens with one attached hydrogen (secondary N) is 2. The van der Waals surface area contributed by atoms with Crippen molar-refractivity contribution >= 4 is 17.8 Å². The summed E-state index contributed by atoms with van der Waals surface area (Å²) < 4.78 is 5.09. The van der Waals surface area contributed by atoms with Gasteiger partial charge in [-0.25, -0.2) is 0 Å². The predicted molar refractivity (Wildman–Crippen MR) is 76.0 cm³/mol. The molecular formula is C14H26N2O4. The van der Waals surface area contributed by atoms with Crippen LogP contribution < -0.4 is 10.6 Å². The first kappa shape index (κ1) is 18.4. The predicted octanol–water partition coefficient (Wildman–Crippen LogP) is 1.14. The van der Waals surface area contributed by atoms with Crippen molar-refractivity contribution in [3.63, 3.8) is 0 Å². The lowest BCUT2D eigenvalue weighted by atomic mass is 10.2. The highest BCUT2D eigenvalue weighted by molar-refractivity contribution is 5.82. The van der Waals surface area contributed by atoms with Crippen molar-refractivity contribution in [2.24, 2.45) is 0 Å². The van der Waals surface area contributed by atoms with Crippen LogP contribution in [0.4, 0.5) is 0 Å². The van der Waals surface area contributed by atoms with Gasteiger partial charge in [-0.3, -0.25) is 14.4 Å². The summed E-state index contributed by atoms with van der Waals surface area (Å²) in [6.07, 6.45) is 0.346. The van der Waals surface area contributed by atoms with E-state index in [1.54, 1.807) is 20.8 Å². The molecule has 20 heavy (non-hydrogen) atoms. The van der Waals surface area contributed by atoms with E-state index in [1.807, 2.05) is 13.8 Å². The second-order valence-electron chi connectivity index (χ2n) is 5.91. The number of carbonyl (C=O) groups excluding carboxylic acids is 3. The Bertz CT molecular complexity index is 346. The average Bonchev–Trinajstić information content (AvgIpc) is 2.22. The molecule has 0 spiro atoms. The van der Waals surface area contributed by atoms with Gasteiger partial charge in [0.25, 0.3) is 0 Å². The van der Waals surface area contributed by atoms with E-state index < -0.39 is 11.6 Å². The molecule has 0 aliphatic carbocycles. The molecule has 0 fully saturated rings. The fourth-order valence-corrected chi connectivity index (χ4v) is 1.41. The van der Waals surface area contributed by atoms with Crippen LogP contribution in [0.3, 0.4) is 0 Å². The van der Waals surface area contributed by atoms with Crippen molar-refractivity contribution < 1.29 is 19.1 Å². The maximum Gasteiger partial charge on any atom is 0.306 e. The monoisotopic (exact) mass is 286 g/mol. The topological polar surface area (TPSA) is 84.5 Å². The first-order chi connectivity index (χ1) is 9.10. The molecule has 0 heterocycles. The number of hydrogen-bond donors (Lipinski definition) is 2. The summed E-state index contributed by atoms with van der Waals surface area (Å²) in [4.78, 5) is 34.2. The van der Waals surface area contributed by atoms with Crippen molar-refractivity contribution in [2.45, 2.75) is 65.5 Å². The Kier molecular flexibility index (Phi) is 7.87. The molecule has 0 atom stereocenters. The summed E-state index contributed by atoms with van der Waals surface area (Å²) in [6, 6.07) is 0.0883. The number of rotatable bonds is 7. The number of esters is 1. The van der Waals surface area contributed by atoms with E-state index in [9.17, 15) is 14.4 Å². The smallest absolute Gasteiger partial charge is 0.306 e. The Morgan fingerprint density at radius 3 is 2.10 bits per heavy atom. The maximum absolute atomic E-state index is 11.5. The molecule has 6 nitrogen and oxygen atoms in total. The highest BCUT2D eigenvalue weighted by Gasteiger charge is 2.17. The summed E-state index contributed by atoms with van der Waals surface area (Å²) in [5, 5.41) is 5.33. The van der Waals surface area contributed by atoms with Crippen LogP contribution in [0, 0.1) is 0 Å². The molecule has 116 valence electrons. The number of hydrogen-bond acceptors (Lipinski definition) is 4. The van der Waals surface area contributed by atoms with Crippen molar-refractivity contribution in [3.8, 4) is 0 Å². The standard InChI is InChI=1S/C14H26N2O4/c1-10(2)16-12(18)8-9-15-11(17)6-7-13(19)20-14(3,4)5/h10H,6-9H2,1-5H3,(H,15,17)(H,16,18). The molecule has 0 radical (unpaired) electrons. The van der Waals surface area contributed by atoms with Gasteiger partial charge in [0.2, 0.25) is 11.8 Å². The quantitative estimate of drug-likeness (QED) is 0.687. The van der Waals surface area contributed by atoms with Crippen molar-refractivity contribution in [2.75, 3.05) is 6.54 Å². The molecule has 0 saturated carbocycles. The average molecular weight is 286 g/mol. The lowest BCUT2D eigenvalue weighted by molar-refractivity contribution is -0.155. The van der Waals surface area contributed by atoms with Crippen molar-refractivity contribution in [1.29, 1.82) is 0 Å². The summed E-state index contributed by atoms with van der Waals surface area (Å²) >= 11 is 0. The second kappa shape index (κ2) is 8.55. The molecule has 0 aliphatic heterocycles.